The molecular formula is C9H11NO4. The third-order valence-corrected chi connectivity index (χ3v) is 2.27. The first kappa shape index (κ1) is 9.21. The molecule has 5 heteroatoms. The Balaban J connectivity index is 2.11. The van der Waals surface area contributed by atoms with Gasteiger partial charge in [-0.05, 0) is 12.8 Å². The van der Waals surface area contributed by atoms with E-state index >= 15 is 0 Å². The Hall–Kier alpha value is -1.36. The molecule has 2 rings (SSSR count). The van der Waals surface area contributed by atoms with Crippen molar-refractivity contribution in [1.82, 2.24) is 4.98 Å². The van der Waals surface area contributed by atoms with Gasteiger partial charge in [0, 0.05) is 12.5 Å². The average molecular weight is 197 g/mol. The lowest BCUT2D eigenvalue weighted by Crippen LogP contribution is -2.14. The fourth-order valence-electron chi connectivity index (χ4n) is 1.54. The fraction of sp³-hybridized carbons (Fsp3) is 0.556. The van der Waals surface area contributed by atoms with Gasteiger partial charge in [0.15, 0.2) is 0 Å². The van der Waals surface area contributed by atoms with E-state index < -0.39 is 5.97 Å². The first-order valence-corrected chi connectivity index (χ1v) is 4.54. The Kier molecular flexibility index (Phi) is 2.49. The molecule has 1 aromatic rings. The summed E-state index contributed by atoms with van der Waals surface area (Å²) in [6, 6.07) is 0. The van der Waals surface area contributed by atoms with E-state index in [1.807, 2.05) is 0 Å². The lowest BCUT2D eigenvalue weighted by atomic mass is 10.0. The number of nitrogens with zero attached hydrogens (tertiary/aromatic N) is 1. The predicted octanol–water partition coefficient (Wildman–Crippen LogP) is 1.27. The summed E-state index contributed by atoms with van der Waals surface area (Å²) in [5.74, 6) is -0.606. The number of rotatable bonds is 2. The Morgan fingerprint density at radius 1 is 1.64 bits per heavy atom. The van der Waals surface area contributed by atoms with Crippen LogP contribution in [0, 0.1) is 0 Å². The second-order valence-corrected chi connectivity index (χ2v) is 3.29. The number of carbonyl (C=O) groups is 1. The molecule has 5 nitrogen and oxygen atoms in total. The summed E-state index contributed by atoms with van der Waals surface area (Å²) >= 11 is 0. The van der Waals surface area contributed by atoms with Gasteiger partial charge in [-0.2, -0.15) is 0 Å². The van der Waals surface area contributed by atoms with Crippen LogP contribution in [0.1, 0.15) is 35.2 Å². The van der Waals surface area contributed by atoms with Gasteiger partial charge in [0.05, 0.1) is 12.8 Å². The number of oxazole rings is 1. The molecule has 1 atom stereocenters. The molecule has 0 bridgehead atoms. The van der Waals surface area contributed by atoms with Gasteiger partial charge < -0.3 is 14.3 Å². The molecule has 0 amide bonds. The maximum atomic E-state index is 10.5. The maximum Gasteiger partial charge on any atom is 0.392 e. The van der Waals surface area contributed by atoms with Crippen molar-refractivity contribution >= 4 is 5.97 Å². The highest BCUT2D eigenvalue weighted by Crippen LogP contribution is 2.25. The van der Waals surface area contributed by atoms with Crippen molar-refractivity contribution in [2.45, 2.75) is 18.8 Å². The number of aromatic carboxylic acids is 1. The second kappa shape index (κ2) is 3.79. The number of hydrogen-bond donors (Lipinski definition) is 1. The molecule has 0 aromatic carbocycles. The summed E-state index contributed by atoms with van der Waals surface area (Å²) in [6.45, 7) is 1.37. The van der Waals surface area contributed by atoms with Gasteiger partial charge in [0.1, 0.15) is 5.76 Å². The SMILES string of the molecule is O=C(O)c1ncc(C2CCCOC2)o1. The molecule has 1 saturated heterocycles. The normalized spacial score (nSPS) is 22.1. The molecule has 0 radical (unpaired) electrons. The minimum atomic E-state index is -1.13. The van der Waals surface area contributed by atoms with Gasteiger partial charge in [0.2, 0.25) is 0 Å². The first-order chi connectivity index (χ1) is 6.77. The lowest BCUT2D eigenvalue weighted by molar-refractivity contribution is 0.0624. The van der Waals surface area contributed by atoms with Crippen molar-refractivity contribution in [3.05, 3.63) is 17.8 Å². The third-order valence-electron chi connectivity index (χ3n) is 2.27. The van der Waals surface area contributed by atoms with Crippen LogP contribution >= 0.6 is 0 Å². The highest BCUT2D eigenvalue weighted by Gasteiger charge is 2.21. The number of carboxylic acids is 1. The number of hydrogen-bond acceptors (Lipinski definition) is 4. The predicted molar refractivity (Wildman–Crippen MR) is 46.3 cm³/mol. The van der Waals surface area contributed by atoms with Crippen LogP contribution in [0.4, 0.5) is 0 Å². The minimum absolute atomic E-state index is 0.157. The summed E-state index contributed by atoms with van der Waals surface area (Å²) < 4.78 is 10.4. The van der Waals surface area contributed by atoms with E-state index in [-0.39, 0.29) is 11.8 Å². The summed E-state index contributed by atoms with van der Waals surface area (Å²) in [7, 11) is 0. The summed E-state index contributed by atoms with van der Waals surface area (Å²) in [4.78, 5) is 14.2. The Bertz CT molecular complexity index is 327. The lowest BCUT2D eigenvalue weighted by Gasteiger charge is -2.19. The molecule has 1 unspecified atom stereocenters. The molecule has 14 heavy (non-hydrogen) atoms. The van der Waals surface area contributed by atoms with E-state index in [0.717, 1.165) is 19.4 Å². The molecule has 1 N–H and O–H groups in total. The molecule has 1 aromatic heterocycles. The van der Waals surface area contributed by atoms with E-state index in [2.05, 4.69) is 4.98 Å². The Morgan fingerprint density at radius 3 is 3.07 bits per heavy atom. The van der Waals surface area contributed by atoms with Crippen LogP contribution < -0.4 is 0 Å². The van der Waals surface area contributed by atoms with Crippen LogP contribution in [0.15, 0.2) is 10.6 Å². The van der Waals surface area contributed by atoms with Gasteiger partial charge >= 0.3 is 11.9 Å². The fourth-order valence-corrected chi connectivity index (χ4v) is 1.54. The van der Waals surface area contributed by atoms with Gasteiger partial charge in [-0.15, -0.1) is 0 Å². The molecular weight excluding hydrogens is 186 g/mol. The second-order valence-electron chi connectivity index (χ2n) is 3.29. The van der Waals surface area contributed by atoms with Crippen molar-refractivity contribution in [3.63, 3.8) is 0 Å². The monoisotopic (exact) mass is 197 g/mol. The number of carboxylic acid groups (broad SMARTS) is 1. The van der Waals surface area contributed by atoms with Gasteiger partial charge in [-0.3, -0.25) is 0 Å². The van der Waals surface area contributed by atoms with Crippen LogP contribution in [-0.4, -0.2) is 29.3 Å². The largest absolute Gasteiger partial charge is 0.474 e. The van der Waals surface area contributed by atoms with E-state index in [1.54, 1.807) is 0 Å². The number of ether oxygens (including phenoxy) is 1. The van der Waals surface area contributed by atoms with E-state index in [9.17, 15) is 4.79 Å². The Morgan fingerprint density at radius 2 is 2.50 bits per heavy atom. The van der Waals surface area contributed by atoms with E-state index in [4.69, 9.17) is 14.3 Å². The first-order valence-electron chi connectivity index (χ1n) is 4.54. The minimum Gasteiger partial charge on any atom is -0.474 e. The van der Waals surface area contributed by atoms with Crippen LogP contribution in [0.3, 0.4) is 0 Å². The topological polar surface area (TPSA) is 72.6 Å². The van der Waals surface area contributed by atoms with Crippen LogP contribution in [0.2, 0.25) is 0 Å². The smallest absolute Gasteiger partial charge is 0.392 e. The maximum absolute atomic E-state index is 10.5. The number of aromatic nitrogens is 1. The zero-order valence-corrected chi connectivity index (χ0v) is 7.60. The molecule has 0 aliphatic carbocycles. The molecule has 2 heterocycles. The van der Waals surface area contributed by atoms with Gasteiger partial charge in [-0.1, -0.05) is 0 Å². The summed E-state index contributed by atoms with van der Waals surface area (Å²) in [5.41, 5.74) is 0. The molecule has 1 aliphatic heterocycles. The van der Waals surface area contributed by atoms with Crippen LogP contribution in [0.5, 0.6) is 0 Å². The van der Waals surface area contributed by atoms with Crippen molar-refractivity contribution < 1.29 is 19.1 Å². The van der Waals surface area contributed by atoms with Crippen molar-refractivity contribution in [2.24, 2.45) is 0 Å². The van der Waals surface area contributed by atoms with E-state index in [1.165, 1.54) is 6.20 Å². The van der Waals surface area contributed by atoms with Crippen LogP contribution in [-0.2, 0) is 4.74 Å². The standard InChI is InChI=1S/C9H11NO4/c11-9(12)8-10-4-7(14-8)6-2-1-3-13-5-6/h4,6H,1-3,5H2,(H,11,12). The quantitative estimate of drug-likeness (QED) is 0.772. The van der Waals surface area contributed by atoms with Crippen molar-refractivity contribution in [2.75, 3.05) is 13.2 Å². The highest BCUT2D eigenvalue weighted by molar-refractivity contribution is 5.81. The third kappa shape index (κ3) is 1.77. The van der Waals surface area contributed by atoms with E-state index in [0.29, 0.717) is 12.4 Å². The molecule has 0 saturated carbocycles. The molecule has 1 fully saturated rings. The summed E-state index contributed by atoms with van der Waals surface area (Å²) in [6.07, 6.45) is 3.42. The Labute approximate surface area is 80.7 Å². The highest BCUT2D eigenvalue weighted by atomic mass is 16.5. The zero-order valence-electron chi connectivity index (χ0n) is 7.60. The van der Waals surface area contributed by atoms with Crippen molar-refractivity contribution in [3.8, 4) is 0 Å². The van der Waals surface area contributed by atoms with Crippen LogP contribution in [0.25, 0.3) is 0 Å². The van der Waals surface area contributed by atoms with Gasteiger partial charge in [-0.25, -0.2) is 9.78 Å². The molecule has 76 valence electrons. The molecule has 1 aliphatic rings. The zero-order chi connectivity index (χ0) is 9.97. The van der Waals surface area contributed by atoms with Gasteiger partial charge in [0.25, 0.3) is 0 Å². The summed E-state index contributed by atoms with van der Waals surface area (Å²) in [5, 5.41) is 8.61. The molecule has 0 spiro atoms. The van der Waals surface area contributed by atoms with Crippen molar-refractivity contribution in [1.29, 1.82) is 0 Å². The average Bonchev–Trinajstić information content (AvgIpc) is 2.68.